The first-order valence-corrected chi connectivity index (χ1v) is 5.72. The molecule has 95 valence electrons. The van der Waals surface area contributed by atoms with Gasteiger partial charge < -0.3 is 10.1 Å². The summed E-state index contributed by atoms with van der Waals surface area (Å²) in [6.45, 7) is 0.387. The van der Waals surface area contributed by atoms with E-state index in [2.05, 4.69) is 5.32 Å². The van der Waals surface area contributed by atoms with Gasteiger partial charge in [0, 0.05) is 5.56 Å². The van der Waals surface area contributed by atoms with Gasteiger partial charge in [-0.25, -0.2) is 0 Å². The fourth-order valence-electron chi connectivity index (χ4n) is 1.63. The third-order valence-corrected chi connectivity index (χ3v) is 2.55. The molecule has 0 saturated carbocycles. The van der Waals surface area contributed by atoms with Gasteiger partial charge in [0.2, 0.25) is 12.7 Å². The van der Waals surface area contributed by atoms with Crippen molar-refractivity contribution in [3.63, 3.8) is 0 Å². The molecule has 0 aromatic heterocycles. The number of anilines is 1. The standard InChI is InChI=1S/C15H12NO3/c17-9-13-6-7-15(14(8-13)16-11-18)19-10-12-4-2-1-3-5-12/h1-8,11H,10H2,(H,16,18). The maximum absolute atomic E-state index is 10.6. The van der Waals surface area contributed by atoms with Crippen LogP contribution in [0.5, 0.6) is 5.75 Å². The minimum absolute atomic E-state index is 0.358. The fraction of sp³-hybridized carbons (Fsp3) is 0.0667. The largest absolute Gasteiger partial charge is 0.487 e. The molecule has 0 atom stereocenters. The summed E-state index contributed by atoms with van der Waals surface area (Å²) in [5.74, 6) is 0.509. The topological polar surface area (TPSA) is 55.4 Å². The molecule has 0 spiro atoms. The monoisotopic (exact) mass is 254 g/mol. The highest BCUT2D eigenvalue weighted by Gasteiger charge is 2.05. The van der Waals surface area contributed by atoms with E-state index in [1.807, 2.05) is 30.3 Å². The van der Waals surface area contributed by atoms with Crippen LogP contribution in [0, 0.1) is 0 Å². The van der Waals surface area contributed by atoms with Crippen molar-refractivity contribution in [1.82, 2.24) is 0 Å². The average Bonchev–Trinajstić information content (AvgIpc) is 2.47. The Kier molecular flexibility index (Phi) is 4.29. The van der Waals surface area contributed by atoms with Gasteiger partial charge in [-0.2, -0.15) is 0 Å². The lowest BCUT2D eigenvalue weighted by Crippen LogP contribution is -2.01. The maximum Gasteiger partial charge on any atom is 0.233 e. The van der Waals surface area contributed by atoms with Crippen molar-refractivity contribution in [3.05, 3.63) is 59.7 Å². The summed E-state index contributed by atoms with van der Waals surface area (Å²) in [6.07, 6.45) is 2.31. The van der Waals surface area contributed by atoms with Crippen LogP contribution in [0.25, 0.3) is 0 Å². The second-order valence-electron chi connectivity index (χ2n) is 3.85. The molecule has 0 aliphatic rings. The highest BCUT2D eigenvalue weighted by atomic mass is 16.5. The zero-order chi connectivity index (χ0) is 13.5. The van der Waals surface area contributed by atoms with Crippen LogP contribution >= 0.6 is 0 Å². The highest BCUT2D eigenvalue weighted by Crippen LogP contribution is 2.25. The molecule has 1 amide bonds. The van der Waals surface area contributed by atoms with Crippen LogP contribution in [0.1, 0.15) is 11.1 Å². The molecule has 1 N–H and O–H groups in total. The van der Waals surface area contributed by atoms with E-state index in [1.54, 1.807) is 18.4 Å². The molecule has 0 aliphatic carbocycles. The van der Waals surface area contributed by atoms with E-state index in [1.165, 1.54) is 6.07 Å². The van der Waals surface area contributed by atoms with Crippen molar-refractivity contribution in [2.75, 3.05) is 5.32 Å². The Bertz CT molecular complexity index is 567. The van der Waals surface area contributed by atoms with Gasteiger partial charge in [0.15, 0.2) is 0 Å². The lowest BCUT2D eigenvalue weighted by atomic mass is 10.2. The first kappa shape index (κ1) is 12.8. The predicted molar refractivity (Wildman–Crippen MR) is 71.7 cm³/mol. The molecule has 0 heterocycles. The molecule has 4 nitrogen and oxygen atoms in total. The molecule has 2 rings (SSSR count). The van der Waals surface area contributed by atoms with Crippen LogP contribution in [0.4, 0.5) is 5.69 Å². The lowest BCUT2D eigenvalue weighted by Gasteiger charge is -2.11. The first-order valence-electron chi connectivity index (χ1n) is 5.72. The third-order valence-electron chi connectivity index (χ3n) is 2.55. The van der Waals surface area contributed by atoms with Crippen LogP contribution < -0.4 is 10.1 Å². The number of hydrogen-bond acceptors (Lipinski definition) is 3. The Labute approximate surface area is 111 Å². The smallest absolute Gasteiger partial charge is 0.233 e. The zero-order valence-corrected chi connectivity index (χ0v) is 10.1. The minimum atomic E-state index is 0.358. The number of carbonyl (C=O) groups excluding carboxylic acids is 2. The maximum atomic E-state index is 10.6. The Balaban J connectivity index is 2.14. The molecule has 0 bridgehead atoms. The van der Waals surface area contributed by atoms with Crippen LogP contribution in [0.3, 0.4) is 0 Å². The van der Waals surface area contributed by atoms with Crippen LogP contribution in [0.2, 0.25) is 0 Å². The molecule has 1 radical (unpaired) electrons. The summed E-state index contributed by atoms with van der Waals surface area (Å²) >= 11 is 0. The van der Waals surface area contributed by atoms with E-state index in [9.17, 15) is 9.59 Å². The van der Waals surface area contributed by atoms with E-state index in [0.29, 0.717) is 30.0 Å². The van der Waals surface area contributed by atoms with Gasteiger partial charge in [0.05, 0.1) is 5.69 Å². The van der Waals surface area contributed by atoms with Gasteiger partial charge in [0.1, 0.15) is 12.4 Å². The number of rotatable bonds is 6. The van der Waals surface area contributed by atoms with Crippen LogP contribution in [-0.4, -0.2) is 12.7 Å². The van der Waals surface area contributed by atoms with Gasteiger partial charge in [-0.3, -0.25) is 9.59 Å². The molecular weight excluding hydrogens is 242 g/mol. The van der Waals surface area contributed by atoms with Crippen molar-refractivity contribution < 1.29 is 14.3 Å². The summed E-state index contributed by atoms with van der Waals surface area (Å²) in [6, 6.07) is 14.4. The fourth-order valence-corrected chi connectivity index (χ4v) is 1.63. The molecule has 2 aromatic carbocycles. The van der Waals surface area contributed by atoms with Crippen molar-refractivity contribution >= 4 is 18.4 Å². The second-order valence-corrected chi connectivity index (χ2v) is 3.85. The highest BCUT2D eigenvalue weighted by molar-refractivity contribution is 5.83. The number of carbonyl (C=O) groups is 1. The molecular formula is C15H12NO3. The Hall–Kier alpha value is -2.62. The molecule has 0 unspecified atom stereocenters. The zero-order valence-electron chi connectivity index (χ0n) is 10.1. The van der Waals surface area contributed by atoms with E-state index in [-0.39, 0.29) is 0 Å². The first-order chi connectivity index (χ1) is 9.33. The number of hydrogen-bond donors (Lipinski definition) is 1. The molecule has 2 aromatic rings. The molecule has 0 saturated heterocycles. The van der Waals surface area contributed by atoms with E-state index >= 15 is 0 Å². The number of nitrogens with one attached hydrogen (secondary N) is 1. The molecule has 19 heavy (non-hydrogen) atoms. The quantitative estimate of drug-likeness (QED) is 0.805. The van der Waals surface area contributed by atoms with Crippen molar-refractivity contribution in [3.8, 4) is 5.75 Å². The van der Waals surface area contributed by atoms with E-state index in [4.69, 9.17) is 4.74 Å². The second kappa shape index (κ2) is 6.35. The minimum Gasteiger partial charge on any atom is -0.487 e. The Morgan fingerprint density at radius 1 is 1.16 bits per heavy atom. The summed E-state index contributed by atoms with van der Waals surface area (Å²) in [5.41, 5.74) is 1.83. The van der Waals surface area contributed by atoms with Gasteiger partial charge in [-0.05, 0) is 23.8 Å². The predicted octanol–water partition coefficient (Wildman–Crippen LogP) is 2.29. The SMILES string of the molecule is O=[C]c1ccc(OCc2ccccc2)c(NC=O)c1. The van der Waals surface area contributed by atoms with Crippen molar-refractivity contribution in [2.45, 2.75) is 6.61 Å². The number of ether oxygens (including phenoxy) is 1. The van der Waals surface area contributed by atoms with E-state index < -0.39 is 0 Å². The number of amides is 1. The van der Waals surface area contributed by atoms with Crippen molar-refractivity contribution in [2.24, 2.45) is 0 Å². The molecule has 4 heteroatoms. The van der Waals surface area contributed by atoms with Crippen molar-refractivity contribution in [1.29, 1.82) is 0 Å². The average molecular weight is 254 g/mol. The van der Waals surface area contributed by atoms with Gasteiger partial charge in [0.25, 0.3) is 0 Å². The van der Waals surface area contributed by atoms with Crippen LogP contribution in [-0.2, 0) is 16.2 Å². The number of benzene rings is 2. The van der Waals surface area contributed by atoms with Gasteiger partial charge >= 0.3 is 0 Å². The summed E-state index contributed by atoms with van der Waals surface area (Å²) in [7, 11) is 0. The van der Waals surface area contributed by atoms with Gasteiger partial charge in [-0.1, -0.05) is 30.3 Å². The molecule has 0 fully saturated rings. The van der Waals surface area contributed by atoms with Crippen LogP contribution in [0.15, 0.2) is 48.5 Å². The Morgan fingerprint density at radius 3 is 2.63 bits per heavy atom. The van der Waals surface area contributed by atoms with E-state index in [0.717, 1.165) is 5.56 Å². The summed E-state index contributed by atoms with van der Waals surface area (Å²) in [5, 5.41) is 2.50. The molecule has 0 aliphatic heterocycles. The normalized spacial score (nSPS) is 9.68. The third kappa shape index (κ3) is 3.42. The summed E-state index contributed by atoms with van der Waals surface area (Å²) < 4.78 is 5.62. The summed E-state index contributed by atoms with van der Waals surface area (Å²) in [4.78, 5) is 21.1. The Morgan fingerprint density at radius 2 is 1.95 bits per heavy atom. The van der Waals surface area contributed by atoms with Gasteiger partial charge in [-0.15, -0.1) is 0 Å². The lowest BCUT2D eigenvalue weighted by molar-refractivity contribution is -0.105.